The number of benzene rings is 2. The number of piperidine rings is 1. The highest BCUT2D eigenvalue weighted by atomic mass is 35.5. The van der Waals surface area contributed by atoms with Crippen molar-refractivity contribution in [1.29, 1.82) is 0 Å². The molecule has 1 aliphatic heterocycles. The number of hydrogen-bond acceptors (Lipinski definition) is 4. The number of pyridine rings is 1. The molecular weight excluding hydrogens is 400 g/mol. The summed E-state index contributed by atoms with van der Waals surface area (Å²) in [5.74, 6) is 0.207. The fourth-order valence-corrected chi connectivity index (χ4v) is 3.73. The van der Waals surface area contributed by atoms with Gasteiger partial charge in [0.2, 0.25) is 5.88 Å². The van der Waals surface area contributed by atoms with E-state index < -0.39 is 6.09 Å². The first-order valence-corrected chi connectivity index (χ1v) is 10.4. The lowest BCUT2D eigenvalue weighted by atomic mass is 10.00. The SMILES string of the molecule is O=C(Oc1cccc(Cl)n1)N1CCC(OC(c2ccccc2)c2ccccc2)CC1. The zero-order valence-corrected chi connectivity index (χ0v) is 17.2. The first-order valence-electron chi connectivity index (χ1n) is 10.0. The van der Waals surface area contributed by atoms with Gasteiger partial charge in [0.15, 0.2) is 0 Å². The fraction of sp³-hybridized carbons (Fsp3) is 0.250. The van der Waals surface area contributed by atoms with Crippen LogP contribution < -0.4 is 4.74 Å². The second kappa shape index (κ2) is 9.74. The highest BCUT2D eigenvalue weighted by molar-refractivity contribution is 6.29. The third-order valence-electron chi connectivity index (χ3n) is 5.11. The number of hydrogen-bond donors (Lipinski definition) is 0. The Morgan fingerprint density at radius 1 is 0.900 bits per heavy atom. The Kier molecular flexibility index (Phi) is 6.62. The molecule has 4 rings (SSSR count). The van der Waals surface area contributed by atoms with Gasteiger partial charge in [-0.25, -0.2) is 9.78 Å². The molecule has 2 aromatic carbocycles. The van der Waals surface area contributed by atoms with E-state index in [-0.39, 0.29) is 18.1 Å². The molecule has 1 amide bonds. The fourth-order valence-electron chi connectivity index (χ4n) is 3.57. The summed E-state index contributed by atoms with van der Waals surface area (Å²) in [5, 5.41) is 0.292. The molecule has 30 heavy (non-hydrogen) atoms. The molecule has 0 saturated carbocycles. The summed E-state index contributed by atoms with van der Waals surface area (Å²) in [6.07, 6.45) is 1.00. The van der Waals surface area contributed by atoms with E-state index in [1.165, 1.54) is 0 Å². The van der Waals surface area contributed by atoms with Gasteiger partial charge in [0.25, 0.3) is 0 Å². The third kappa shape index (κ3) is 5.17. The number of ether oxygens (including phenoxy) is 2. The Bertz CT molecular complexity index is 921. The van der Waals surface area contributed by atoms with Gasteiger partial charge in [-0.1, -0.05) is 78.3 Å². The second-order valence-electron chi connectivity index (χ2n) is 7.19. The molecule has 5 nitrogen and oxygen atoms in total. The Hall–Kier alpha value is -2.89. The van der Waals surface area contributed by atoms with Crippen LogP contribution in [0.3, 0.4) is 0 Å². The number of carbonyl (C=O) groups excluding carboxylic acids is 1. The molecule has 0 atom stereocenters. The monoisotopic (exact) mass is 422 g/mol. The maximum Gasteiger partial charge on any atom is 0.416 e. The van der Waals surface area contributed by atoms with Gasteiger partial charge in [-0.05, 0) is 30.0 Å². The molecule has 1 aromatic heterocycles. The molecule has 1 saturated heterocycles. The van der Waals surface area contributed by atoms with E-state index in [1.807, 2.05) is 36.4 Å². The van der Waals surface area contributed by atoms with Gasteiger partial charge in [-0.2, -0.15) is 0 Å². The number of nitrogens with zero attached hydrogens (tertiary/aromatic N) is 2. The van der Waals surface area contributed by atoms with E-state index in [9.17, 15) is 4.79 Å². The molecule has 1 fully saturated rings. The number of amides is 1. The van der Waals surface area contributed by atoms with E-state index in [2.05, 4.69) is 29.2 Å². The number of carbonyl (C=O) groups is 1. The van der Waals surface area contributed by atoms with Crippen molar-refractivity contribution in [1.82, 2.24) is 9.88 Å². The van der Waals surface area contributed by atoms with E-state index in [1.54, 1.807) is 23.1 Å². The smallest absolute Gasteiger partial charge is 0.391 e. The van der Waals surface area contributed by atoms with Crippen LogP contribution in [0.25, 0.3) is 0 Å². The van der Waals surface area contributed by atoms with Gasteiger partial charge in [-0.15, -0.1) is 0 Å². The summed E-state index contributed by atoms with van der Waals surface area (Å²) in [6, 6.07) is 25.4. The van der Waals surface area contributed by atoms with Crippen LogP contribution in [0, 0.1) is 0 Å². The molecule has 0 aliphatic carbocycles. The van der Waals surface area contributed by atoms with Crippen LogP contribution in [-0.4, -0.2) is 35.2 Å². The number of halogens is 1. The number of rotatable bonds is 5. The Balaban J connectivity index is 1.37. The zero-order chi connectivity index (χ0) is 20.8. The molecule has 6 heteroatoms. The van der Waals surface area contributed by atoms with E-state index in [0.29, 0.717) is 18.2 Å². The van der Waals surface area contributed by atoms with Gasteiger partial charge in [-0.3, -0.25) is 0 Å². The summed E-state index contributed by atoms with van der Waals surface area (Å²) in [7, 11) is 0. The van der Waals surface area contributed by atoms with Gasteiger partial charge in [0.05, 0.1) is 6.10 Å². The minimum absolute atomic E-state index is 0.0590. The van der Waals surface area contributed by atoms with Crippen molar-refractivity contribution in [2.45, 2.75) is 25.0 Å². The Labute approximate surface area is 181 Å². The molecule has 0 radical (unpaired) electrons. The van der Waals surface area contributed by atoms with Crippen molar-refractivity contribution in [2.24, 2.45) is 0 Å². The Morgan fingerprint density at radius 3 is 2.07 bits per heavy atom. The molecule has 0 N–H and O–H groups in total. The van der Waals surface area contributed by atoms with Crippen molar-refractivity contribution in [3.8, 4) is 5.88 Å². The molecule has 0 bridgehead atoms. The Morgan fingerprint density at radius 2 is 1.50 bits per heavy atom. The van der Waals surface area contributed by atoms with Crippen LogP contribution in [0.5, 0.6) is 5.88 Å². The van der Waals surface area contributed by atoms with Gasteiger partial charge >= 0.3 is 6.09 Å². The summed E-state index contributed by atoms with van der Waals surface area (Å²) in [5.41, 5.74) is 2.25. The predicted molar refractivity (Wildman–Crippen MR) is 116 cm³/mol. The summed E-state index contributed by atoms with van der Waals surface area (Å²) < 4.78 is 11.9. The maximum absolute atomic E-state index is 12.4. The largest absolute Gasteiger partial charge is 0.416 e. The maximum atomic E-state index is 12.4. The van der Waals surface area contributed by atoms with Crippen LogP contribution in [0.1, 0.15) is 30.1 Å². The molecule has 0 unspecified atom stereocenters. The van der Waals surface area contributed by atoms with Gasteiger partial charge < -0.3 is 14.4 Å². The quantitative estimate of drug-likeness (QED) is 0.509. The molecule has 2 heterocycles. The van der Waals surface area contributed by atoms with E-state index >= 15 is 0 Å². The summed E-state index contributed by atoms with van der Waals surface area (Å²) in [4.78, 5) is 18.1. The second-order valence-corrected chi connectivity index (χ2v) is 7.58. The zero-order valence-electron chi connectivity index (χ0n) is 16.5. The molecule has 1 aliphatic rings. The first kappa shape index (κ1) is 20.4. The van der Waals surface area contributed by atoms with Crippen molar-refractivity contribution in [2.75, 3.05) is 13.1 Å². The third-order valence-corrected chi connectivity index (χ3v) is 5.33. The molecule has 154 valence electrons. The molecule has 3 aromatic rings. The summed E-state index contributed by atoms with van der Waals surface area (Å²) in [6.45, 7) is 1.14. The number of aromatic nitrogens is 1. The standard InChI is InChI=1S/C24H23ClN2O3/c25-21-12-7-13-22(26-21)30-24(28)27-16-14-20(15-17-27)29-23(18-8-3-1-4-9-18)19-10-5-2-6-11-19/h1-13,20,23H,14-17H2. The van der Waals surface area contributed by atoms with Crippen molar-refractivity contribution in [3.63, 3.8) is 0 Å². The van der Waals surface area contributed by atoms with Crippen molar-refractivity contribution in [3.05, 3.63) is 95.1 Å². The predicted octanol–water partition coefficient (Wildman–Crippen LogP) is 5.50. The van der Waals surface area contributed by atoms with Gasteiger partial charge in [0, 0.05) is 19.2 Å². The molecule has 0 spiro atoms. The topological polar surface area (TPSA) is 51.7 Å². The minimum atomic E-state index is -0.411. The average Bonchev–Trinajstić information content (AvgIpc) is 2.79. The van der Waals surface area contributed by atoms with Crippen LogP contribution in [0.2, 0.25) is 5.15 Å². The van der Waals surface area contributed by atoms with Crippen LogP contribution >= 0.6 is 11.6 Å². The van der Waals surface area contributed by atoms with Gasteiger partial charge in [0.1, 0.15) is 11.3 Å². The highest BCUT2D eigenvalue weighted by Crippen LogP contribution is 2.30. The lowest BCUT2D eigenvalue weighted by Crippen LogP contribution is -2.42. The molecular formula is C24H23ClN2O3. The van der Waals surface area contributed by atoms with Crippen LogP contribution in [0.15, 0.2) is 78.9 Å². The lowest BCUT2D eigenvalue weighted by molar-refractivity contribution is -0.0236. The van der Waals surface area contributed by atoms with E-state index in [0.717, 1.165) is 24.0 Å². The van der Waals surface area contributed by atoms with Crippen LogP contribution in [-0.2, 0) is 4.74 Å². The van der Waals surface area contributed by atoms with Crippen molar-refractivity contribution < 1.29 is 14.3 Å². The normalized spacial score (nSPS) is 14.7. The average molecular weight is 423 g/mol. The van der Waals surface area contributed by atoms with Crippen molar-refractivity contribution >= 4 is 17.7 Å². The minimum Gasteiger partial charge on any atom is -0.391 e. The highest BCUT2D eigenvalue weighted by Gasteiger charge is 2.27. The van der Waals surface area contributed by atoms with Crippen LogP contribution in [0.4, 0.5) is 4.79 Å². The first-order chi connectivity index (χ1) is 14.7. The van der Waals surface area contributed by atoms with E-state index in [4.69, 9.17) is 21.1 Å². The number of likely N-dealkylation sites (tertiary alicyclic amines) is 1. The lowest BCUT2D eigenvalue weighted by Gasteiger charge is -2.33. The summed E-state index contributed by atoms with van der Waals surface area (Å²) >= 11 is 5.85.